The Bertz CT molecular complexity index is 1110. The minimum Gasteiger partial charge on any atom is -0.477 e. The first kappa shape index (κ1) is 19.2. The Balaban J connectivity index is 1.34. The van der Waals surface area contributed by atoms with Crippen LogP contribution < -0.4 is 15.1 Å². The number of rotatable bonds is 7. The fraction of sp³-hybridized carbons (Fsp3) is 0.350. The van der Waals surface area contributed by atoms with Crippen molar-refractivity contribution in [2.75, 3.05) is 56.4 Å². The van der Waals surface area contributed by atoms with Gasteiger partial charge < -0.3 is 24.1 Å². The second kappa shape index (κ2) is 8.96. The molecule has 2 aliphatic heterocycles. The number of para-hydroxylation sites is 1. The Morgan fingerprint density at radius 3 is 2.94 bits per heavy atom. The number of benzene rings is 1. The number of fused-ring (bicyclic) bond motifs is 1. The summed E-state index contributed by atoms with van der Waals surface area (Å²) in [5, 5.41) is 5.39. The third-order valence-corrected chi connectivity index (χ3v) is 4.86. The molecule has 0 spiro atoms. The third kappa shape index (κ3) is 4.56. The second-order valence-corrected chi connectivity index (χ2v) is 6.91. The summed E-state index contributed by atoms with van der Waals surface area (Å²) in [6.45, 7) is 4.01. The van der Waals surface area contributed by atoms with Gasteiger partial charge in [0.1, 0.15) is 6.61 Å². The lowest BCUT2D eigenvalue weighted by atomic mass is 10.2. The zero-order valence-electron chi connectivity index (χ0n) is 16.8. The van der Waals surface area contributed by atoms with Crippen molar-refractivity contribution in [3.05, 3.63) is 36.0 Å². The van der Waals surface area contributed by atoms with Crippen LogP contribution in [0.5, 0.6) is 6.01 Å². The Kier molecular flexibility index (Phi) is 5.56. The van der Waals surface area contributed by atoms with E-state index in [1.165, 1.54) is 0 Å². The van der Waals surface area contributed by atoms with Gasteiger partial charge in [0.15, 0.2) is 6.61 Å². The van der Waals surface area contributed by atoms with Gasteiger partial charge in [-0.25, -0.2) is 10.4 Å². The highest BCUT2D eigenvalue weighted by Crippen LogP contribution is 2.18. The first-order chi connectivity index (χ1) is 15.3. The molecular weight excluding hydrogens is 400 g/mol. The highest BCUT2D eigenvalue weighted by molar-refractivity contribution is 5.99. The number of anilines is 2. The first-order valence-electron chi connectivity index (χ1n) is 10.1. The SMILES string of the molecule is C(=NNc1nc(OCC2=NCCO2)nc(N2CCOCC2)n1)c1c[nH]c2ccccc12. The van der Waals surface area contributed by atoms with Gasteiger partial charge in [-0.2, -0.15) is 20.1 Å². The summed E-state index contributed by atoms with van der Waals surface area (Å²) in [7, 11) is 0. The molecule has 0 bridgehead atoms. The van der Waals surface area contributed by atoms with Crippen LogP contribution in [0.2, 0.25) is 0 Å². The molecule has 0 unspecified atom stereocenters. The van der Waals surface area contributed by atoms with E-state index in [0.29, 0.717) is 51.3 Å². The van der Waals surface area contributed by atoms with E-state index in [-0.39, 0.29) is 18.6 Å². The molecule has 4 heterocycles. The number of aromatic amines is 1. The monoisotopic (exact) mass is 422 g/mol. The van der Waals surface area contributed by atoms with E-state index in [4.69, 9.17) is 14.2 Å². The number of ether oxygens (including phenoxy) is 3. The molecule has 2 aliphatic rings. The average Bonchev–Trinajstić information content (AvgIpc) is 3.49. The molecule has 1 aromatic carbocycles. The molecule has 2 N–H and O–H groups in total. The molecule has 5 rings (SSSR count). The van der Waals surface area contributed by atoms with Crippen molar-refractivity contribution in [3.63, 3.8) is 0 Å². The Morgan fingerprint density at radius 1 is 1.16 bits per heavy atom. The van der Waals surface area contributed by atoms with Crippen LogP contribution in [0.3, 0.4) is 0 Å². The normalized spacial score (nSPS) is 16.5. The molecule has 31 heavy (non-hydrogen) atoms. The van der Waals surface area contributed by atoms with Gasteiger partial charge in [0.25, 0.3) is 5.95 Å². The van der Waals surface area contributed by atoms with Crippen LogP contribution in [0.1, 0.15) is 5.56 Å². The van der Waals surface area contributed by atoms with Crippen LogP contribution in [0.15, 0.2) is 40.6 Å². The van der Waals surface area contributed by atoms with Gasteiger partial charge >= 0.3 is 6.01 Å². The molecule has 11 heteroatoms. The summed E-state index contributed by atoms with van der Waals surface area (Å²) in [5.41, 5.74) is 4.89. The predicted octanol–water partition coefficient (Wildman–Crippen LogP) is 1.44. The lowest BCUT2D eigenvalue weighted by molar-refractivity contribution is 0.122. The zero-order chi connectivity index (χ0) is 20.9. The van der Waals surface area contributed by atoms with Crippen molar-refractivity contribution in [2.24, 2.45) is 10.1 Å². The van der Waals surface area contributed by atoms with Crippen LogP contribution >= 0.6 is 0 Å². The third-order valence-electron chi connectivity index (χ3n) is 4.86. The van der Waals surface area contributed by atoms with Crippen molar-refractivity contribution in [1.29, 1.82) is 0 Å². The maximum atomic E-state index is 5.70. The van der Waals surface area contributed by atoms with Crippen molar-refractivity contribution in [3.8, 4) is 6.01 Å². The van der Waals surface area contributed by atoms with Gasteiger partial charge in [0.2, 0.25) is 11.8 Å². The quantitative estimate of drug-likeness (QED) is 0.433. The van der Waals surface area contributed by atoms with Crippen molar-refractivity contribution in [1.82, 2.24) is 19.9 Å². The summed E-state index contributed by atoms with van der Waals surface area (Å²) >= 11 is 0. The maximum Gasteiger partial charge on any atom is 0.323 e. The van der Waals surface area contributed by atoms with E-state index >= 15 is 0 Å². The molecule has 1 saturated heterocycles. The Labute approximate surface area is 178 Å². The Morgan fingerprint density at radius 2 is 2.06 bits per heavy atom. The van der Waals surface area contributed by atoms with E-state index in [9.17, 15) is 0 Å². The first-order valence-corrected chi connectivity index (χ1v) is 10.1. The molecule has 0 aliphatic carbocycles. The van der Waals surface area contributed by atoms with Crippen molar-refractivity contribution < 1.29 is 14.2 Å². The number of H-pyrrole nitrogens is 1. The minimum atomic E-state index is 0.171. The van der Waals surface area contributed by atoms with E-state index in [2.05, 4.69) is 35.5 Å². The topological polar surface area (TPSA) is 122 Å². The average molecular weight is 422 g/mol. The number of morpholine rings is 1. The smallest absolute Gasteiger partial charge is 0.323 e. The molecule has 3 aromatic rings. The fourth-order valence-corrected chi connectivity index (χ4v) is 3.32. The van der Waals surface area contributed by atoms with E-state index in [0.717, 1.165) is 16.5 Å². The van der Waals surface area contributed by atoms with Gasteiger partial charge in [0, 0.05) is 35.8 Å². The molecule has 0 atom stereocenters. The fourth-order valence-electron chi connectivity index (χ4n) is 3.32. The predicted molar refractivity (Wildman–Crippen MR) is 116 cm³/mol. The van der Waals surface area contributed by atoms with Gasteiger partial charge in [0.05, 0.1) is 26.0 Å². The molecule has 0 radical (unpaired) electrons. The molecule has 0 saturated carbocycles. The molecule has 160 valence electrons. The lowest BCUT2D eigenvalue weighted by Gasteiger charge is -2.26. The van der Waals surface area contributed by atoms with E-state index in [1.807, 2.05) is 35.4 Å². The van der Waals surface area contributed by atoms with E-state index < -0.39 is 0 Å². The largest absolute Gasteiger partial charge is 0.477 e. The summed E-state index contributed by atoms with van der Waals surface area (Å²) in [4.78, 5) is 22.7. The molecular formula is C20H22N8O3. The number of nitrogens with one attached hydrogen (secondary N) is 2. The zero-order valence-corrected chi connectivity index (χ0v) is 16.8. The van der Waals surface area contributed by atoms with Crippen LogP contribution in [-0.2, 0) is 9.47 Å². The van der Waals surface area contributed by atoms with Gasteiger partial charge in [-0.15, -0.1) is 0 Å². The van der Waals surface area contributed by atoms with Gasteiger partial charge in [-0.1, -0.05) is 18.2 Å². The Hall–Kier alpha value is -3.73. The summed E-state index contributed by atoms with van der Waals surface area (Å²) < 4.78 is 16.5. The number of aromatic nitrogens is 4. The van der Waals surface area contributed by atoms with Crippen molar-refractivity contribution >= 4 is 34.9 Å². The van der Waals surface area contributed by atoms with E-state index in [1.54, 1.807) is 6.21 Å². The number of hydrogen-bond donors (Lipinski definition) is 2. The summed E-state index contributed by atoms with van der Waals surface area (Å²) in [6.07, 6.45) is 3.62. The maximum absolute atomic E-state index is 5.70. The van der Waals surface area contributed by atoms with Gasteiger partial charge in [-0.3, -0.25) is 0 Å². The molecule has 11 nitrogen and oxygen atoms in total. The highest BCUT2D eigenvalue weighted by atomic mass is 16.5. The molecule has 0 amide bonds. The molecule has 1 fully saturated rings. The summed E-state index contributed by atoms with van der Waals surface area (Å²) in [6, 6.07) is 8.21. The van der Waals surface area contributed by atoms with Crippen LogP contribution in [-0.4, -0.2) is 78.1 Å². The van der Waals surface area contributed by atoms with Crippen LogP contribution in [0, 0.1) is 0 Å². The number of aliphatic imine (C=N–C) groups is 1. The van der Waals surface area contributed by atoms with Crippen LogP contribution in [0.25, 0.3) is 10.9 Å². The molecule has 2 aromatic heterocycles. The minimum absolute atomic E-state index is 0.171. The second-order valence-electron chi connectivity index (χ2n) is 6.91. The summed E-state index contributed by atoms with van der Waals surface area (Å²) in [5.74, 6) is 1.34. The number of nitrogens with zero attached hydrogens (tertiary/aromatic N) is 6. The number of hydrazone groups is 1. The van der Waals surface area contributed by atoms with Gasteiger partial charge in [-0.05, 0) is 6.07 Å². The van der Waals surface area contributed by atoms with Crippen LogP contribution in [0.4, 0.5) is 11.9 Å². The highest BCUT2D eigenvalue weighted by Gasteiger charge is 2.18. The lowest BCUT2D eigenvalue weighted by Crippen LogP contribution is -2.37. The standard InChI is InChI=1S/C20H22N8O3/c1-2-4-16-15(3-1)14(11-22-16)12-23-27-18-24-19(28-6-9-29-10-7-28)26-20(25-18)31-13-17-21-5-8-30-17/h1-4,11-12,22H,5-10,13H2,(H,24,25,26,27). The number of hydrogen-bond acceptors (Lipinski definition) is 10. The van der Waals surface area contributed by atoms with Crippen molar-refractivity contribution in [2.45, 2.75) is 0 Å².